The maximum atomic E-state index is 12.2. The van der Waals surface area contributed by atoms with Gasteiger partial charge in [-0.15, -0.1) is 0 Å². The second-order valence-electron chi connectivity index (χ2n) is 5.09. The van der Waals surface area contributed by atoms with Crippen molar-refractivity contribution in [2.24, 2.45) is 5.73 Å². The average Bonchev–Trinajstić information content (AvgIpc) is 2.47. The van der Waals surface area contributed by atoms with E-state index in [1.54, 1.807) is 0 Å². The first-order valence-electron chi connectivity index (χ1n) is 6.89. The predicted molar refractivity (Wildman–Crippen MR) is 90.1 cm³/mol. The van der Waals surface area contributed by atoms with Crippen molar-refractivity contribution in [1.29, 1.82) is 0 Å². The highest BCUT2D eigenvalue weighted by Gasteiger charge is 2.37. The summed E-state index contributed by atoms with van der Waals surface area (Å²) >= 11 is 3.50. The molecule has 0 aliphatic rings. The third-order valence-electron chi connectivity index (χ3n) is 3.72. The molecule has 0 saturated carbocycles. The van der Waals surface area contributed by atoms with Gasteiger partial charge in [-0.05, 0) is 47.0 Å². The standard InChI is InChI=1S/C17H19BrN2O/c1-3-17(16(19)21,13-10-8-12(2)9-11-13)20-15-7-5-4-6-14(15)18/h4-11,20H,3H2,1-2H3,(H2,19,21). The number of primary amides is 1. The van der Waals surface area contributed by atoms with E-state index in [1.165, 1.54) is 0 Å². The molecule has 0 fully saturated rings. The molecule has 1 amide bonds. The summed E-state index contributed by atoms with van der Waals surface area (Å²) in [5.41, 5.74) is 7.68. The molecular formula is C17H19BrN2O. The van der Waals surface area contributed by atoms with Crippen molar-refractivity contribution in [3.63, 3.8) is 0 Å². The Hall–Kier alpha value is -1.81. The van der Waals surface area contributed by atoms with Crippen LogP contribution in [0.5, 0.6) is 0 Å². The van der Waals surface area contributed by atoms with E-state index >= 15 is 0 Å². The van der Waals surface area contributed by atoms with Gasteiger partial charge in [0.25, 0.3) is 0 Å². The van der Waals surface area contributed by atoms with Gasteiger partial charge in [0.1, 0.15) is 5.54 Å². The van der Waals surface area contributed by atoms with Crippen molar-refractivity contribution in [2.45, 2.75) is 25.8 Å². The van der Waals surface area contributed by atoms with Gasteiger partial charge in [0, 0.05) is 10.2 Å². The first-order valence-corrected chi connectivity index (χ1v) is 7.68. The van der Waals surface area contributed by atoms with Gasteiger partial charge in [0.05, 0.1) is 0 Å². The van der Waals surface area contributed by atoms with Gasteiger partial charge >= 0.3 is 0 Å². The smallest absolute Gasteiger partial charge is 0.247 e. The maximum absolute atomic E-state index is 12.2. The molecule has 0 radical (unpaired) electrons. The quantitative estimate of drug-likeness (QED) is 0.860. The number of hydrogen-bond acceptors (Lipinski definition) is 2. The molecule has 0 saturated heterocycles. The lowest BCUT2D eigenvalue weighted by molar-refractivity contribution is -0.122. The van der Waals surface area contributed by atoms with Crippen LogP contribution >= 0.6 is 15.9 Å². The lowest BCUT2D eigenvalue weighted by atomic mass is 9.85. The number of carbonyl (C=O) groups is 1. The summed E-state index contributed by atoms with van der Waals surface area (Å²) in [6.45, 7) is 3.97. The van der Waals surface area contributed by atoms with Gasteiger partial charge in [-0.3, -0.25) is 4.79 Å². The molecule has 0 bridgehead atoms. The molecule has 3 nitrogen and oxygen atoms in total. The fraction of sp³-hybridized carbons (Fsp3) is 0.235. The highest BCUT2D eigenvalue weighted by atomic mass is 79.9. The molecule has 4 heteroatoms. The van der Waals surface area contributed by atoms with Crippen LogP contribution < -0.4 is 11.1 Å². The van der Waals surface area contributed by atoms with Crippen LogP contribution in [0.25, 0.3) is 0 Å². The summed E-state index contributed by atoms with van der Waals surface area (Å²) in [6, 6.07) is 15.6. The number of benzene rings is 2. The number of amides is 1. The molecule has 1 atom stereocenters. The van der Waals surface area contributed by atoms with Gasteiger partial charge < -0.3 is 11.1 Å². The summed E-state index contributed by atoms with van der Waals surface area (Å²) in [5, 5.41) is 3.32. The maximum Gasteiger partial charge on any atom is 0.247 e. The molecule has 2 rings (SSSR count). The molecule has 21 heavy (non-hydrogen) atoms. The Morgan fingerprint density at radius 2 is 1.81 bits per heavy atom. The van der Waals surface area contributed by atoms with Crippen molar-refractivity contribution in [2.75, 3.05) is 5.32 Å². The van der Waals surface area contributed by atoms with E-state index in [9.17, 15) is 4.79 Å². The van der Waals surface area contributed by atoms with Gasteiger partial charge in [0.2, 0.25) is 5.91 Å². The summed E-state index contributed by atoms with van der Waals surface area (Å²) in [4.78, 5) is 12.2. The number of nitrogens with one attached hydrogen (secondary N) is 1. The van der Waals surface area contributed by atoms with Crippen LogP contribution in [-0.4, -0.2) is 5.91 Å². The number of carbonyl (C=O) groups excluding carboxylic acids is 1. The molecule has 2 aromatic carbocycles. The molecule has 0 aliphatic carbocycles. The first kappa shape index (κ1) is 15.6. The summed E-state index contributed by atoms with van der Waals surface area (Å²) in [7, 11) is 0. The lowest BCUT2D eigenvalue weighted by Crippen LogP contribution is -2.47. The highest BCUT2D eigenvalue weighted by Crippen LogP contribution is 2.33. The van der Waals surface area contributed by atoms with Gasteiger partial charge in [0.15, 0.2) is 0 Å². The van der Waals surface area contributed by atoms with E-state index < -0.39 is 5.54 Å². The number of anilines is 1. The zero-order valence-electron chi connectivity index (χ0n) is 12.2. The number of aryl methyl sites for hydroxylation is 1. The van der Waals surface area contributed by atoms with Crippen LogP contribution in [0.4, 0.5) is 5.69 Å². The van der Waals surface area contributed by atoms with Crippen LogP contribution in [0.15, 0.2) is 53.0 Å². The number of nitrogens with two attached hydrogens (primary N) is 1. The van der Waals surface area contributed by atoms with E-state index in [0.717, 1.165) is 21.3 Å². The number of rotatable bonds is 5. The molecule has 2 aromatic rings. The number of para-hydroxylation sites is 1. The number of halogens is 1. The van der Waals surface area contributed by atoms with Crippen molar-refractivity contribution in [3.8, 4) is 0 Å². The Kier molecular flexibility index (Phi) is 4.68. The molecule has 1 unspecified atom stereocenters. The monoisotopic (exact) mass is 346 g/mol. The van der Waals surface area contributed by atoms with Crippen molar-refractivity contribution in [1.82, 2.24) is 0 Å². The molecule has 0 heterocycles. The van der Waals surface area contributed by atoms with E-state index in [4.69, 9.17) is 5.73 Å². The molecule has 110 valence electrons. The third kappa shape index (κ3) is 3.10. The minimum atomic E-state index is -0.919. The zero-order valence-corrected chi connectivity index (χ0v) is 13.8. The fourth-order valence-electron chi connectivity index (χ4n) is 2.37. The van der Waals surface area contributed by atoms with E-state index in [1.807, 2.05) is 62.4 Å². The van der Waals surface area contributed by atoms with Crippen molar-refractivity contribution >= 4 is 27.5 Å². The van der Waals surface area contributed by atoms with E-state index in [2.05, 4.69) is 21.2 Å². The predicted octanol–water partition coefficient (Wildman–Crippen LogP) is 3.96. The SMILES string of the molecule is CCC(Nc1ccccc1Br)(C(N)=O)c1ccc(C)cc1. The summed E-state index contributed by atoms with van der Waals surface area (Å²) < 4.78 is 0.899. The minimum absolute atomic E-state index is 0.385. The largest absolute Gasteiger partial charge is 0.367 e. The Bertz CT molecular complexity index is 639. The fourth-order valence-corrected chi connectivity index (χ4v) is 2.76. The van der Waals surface area contributed by atoms with E-state index in [0.29, 0.717) is 6.42 Å². The Morgan fingerprint density at radius 1 is 1.19 bits per heavy atom. The second-order valence-corrected chi connectivity index (χ2v) is 5.95. The van der Waals surface area contributed by atoms with Gasteiger partial charge in [-0.25, -0.2) is 0 Å². The highest BCUT2D eigenvalue weighted by molar-refractivity contribution is 9.10. The average molecular weight is 347 g/mol. The van der Waals surface area contributed by atoms with Gasteiger partial charge in [-0.2, -0.15) is 0 Å². The summed E-state index contributed by atoms with van der Waals surface area (Å²) in [6.07, 6.45) is 0.562. The third-order valence-corrected chi connectivity index (χ3v) is 4.41. The Balaban J connectivity index is 2.50. The zero-order chi connectivity index (χ0) is 15.5. The Morgan fingerprint density at radius 3 is 2.33 bits per heavy atom. The van der Waals surface area contributed by atoms with Crippen LogP contribution in [0.3, 0.4) is 0 Å². The van der Waals surface area contributed by atoms with Gasteiger partial charge in [-0.1, -0.05) is 48.9 Å². The van der Waals surface area contributed by atoms with Crippen LogP contribution in [0.2, 0.25) is 0 Å². The van der Waals surface area contributed by atoms with E-state index in [-0.39, 0.29) is 5.91 Å². The van der Waals surface area contributed by atoms with Crippen molar-refractivity contribution in [3.05, 3.63) is 64.1 Å². The normalized spacial score (nSPS) is 13.5. The summed E-state index contributed by atoms with van der Waals surface area (Å²) in [5.74, 6) is -0.385. The lowest BCUT2D eigenvalue weighted by Gasteiger charge is -2.32. The topological polar surface area (TPSA) is 55.1 Å². The molecule has 0 aromatic heterocycles. The molecular weight excluding hydrogens is 328 g/mol. The first-order chi connectivity index (χ1) is 9.99. The van der Waals surface area contributed by atoms with Crippen molar-refractivity contribution < 1.29 is 4.79 Å². The minimum Gasteiger partial charge on any atom is -0.367 e. The van der Waals surface area contributed by atoms with Crippen LogP contribution in [-0.2, 0) is 10.3 Å². The second kappa shape index (κ2) is 6.31. The molecule has 0 spiro atoms. The number of hydrogen-bond donors (Lipinski definition) is 2. The Labute approximate surface area is 133 Å². The van der Waals surface area contributed by atoms with Crippen LogP contribution in [0.1, 0.15) is 24.5 Å². The molecule has 0 aliphatic heterocycles. The van der Waals surface area contributed by atoms with Crippen LogP contribution in [0, 0.1) is 6.92 Å². The molecule has 3 N–H and O–H groups in total.